The zero-order valence-corrected chi connectivity index (χ0v) is 13.2. The number of benzene rings is 1. The van der Waals surface area contributed by atoms with Crippen LogP contribution in [0.3, 0.4) is 0 Å². The Morgan fingerprint density at radius 3 is 2.29 bits per heavy atom. The van der Waals surface area contributed by atoms with Gasteiger partial charge in [0.05, 0.1) is 5.75 Å². The van der Waals surface area contributed by atoms with Crippen molar-refractivity contribution in [3.63, 3.8) is 0 Å². The van der Waals surface area contributed by atoms with Crippen LogP contribution in [0, 0.1) is 0 Å². The monoisotopic (exact) mass is 311 g/mol. The number of nitrogens with two attached hydrogens (primary N) is 1. The fraction of sp³-hybridized carbons (Fsp3) is 0.600. The third-order valence-electron chi connectivity index (χ3n) is 3.81. The first-order valence-electron chi connectivity index (χ1n) is 7.57. The molecule has 0 unspecified atom stereocenters. The Kier molecular flexibility index (Phi) is 6.17. The van der Waals surface area contributed by atoms with Crippen molar-refractivity contribution in [2.45, 2.75) is 31.6 Å². The number of nitrogens with one attached hydrogen (secondary N) is 1. The normalized spacial score (nSPS) is 17.0. The zero-order chi connectivity index (χ0) is 15.1. The maximum Gasteiger partial charge on any atom is 0.215 e. The van der Waals surface area contributed by atoms with Gasteiger partial charge in [-0.2, -0.15) is 0 Å². The fourth-order valence-electron chi connectivity index (χ4n) is 2.58. The number of likely N-dealkylation sites (tertiary alicyclic amines) is 1. The van der Waals surface area contributed by atoms with Crippen LogP contribution in [0.15, 0.2) is 24.3 Å². The van der Waals surface area contributed by atoms with E-state index < -0.39 is 10.0 Å². The lowest BCUT2D eigenvalue weighted by Gasteiger charge is -2.26. The van der Waals surface area contributed by atoms with Gasteiger partial charge in [0, 0.05) is 19.6 Å². The van der Waals surface area contributed by atoms with E-state index in [1.807, 2.05) is 24.3 Å². The van der Waals surface area contributed by atoms with Gasteiger partial charge in [0.15, 0.2) is 0 Å². The second kappa shape index (κ2) is 7.89. The molecule has 21 heavy (non-hydrogen) atoms. The molecule has 0 saturated carbocycles. The third-order valence-corrected chi connectivity index (χ3v) is 5.17. The van der Waals surface area contributed by atoms with E-state index in [-0.39, 0.29) is 5.75 Å². The van der Waals surface area contributed by atoms with Crippen molar-refractivity contribution in [2.24, 2.45) is 5.73 Å². The summed E-state index contributed by atoms with van der Waals surface area (Å²) in [6, 6.07) is 7.40. The van der Waals surface area contributed by atoms with Gasteiger partial charge in [-0.05, 0) is 37.1 Å². The van der Waals surface area contributed by atoms with Crippen molar-refractivity contribution < 1.29 is 8.42 Å². The van der Waals surface area contributed by atoms with Crippen LogP contribution < -0.4 is 10.5 Å². The van der Waals surface area contributed by atoms with Gasteiger partial charge in [-0.1, -0.05) is 30.7 Å². The predicted octanol–water partition coefficient (Wildman–Crippen LogP) is 1.05. The van der Waals surface area contributed by atoms with Crippen LogP contribution >= 0.6 is 0 Å². The summed E-state index contributed by atoms with van der Waals surface area (Å²) in [4.78, 5) is 2.32. The maximum absolute atomic E-state index is 12.0. The van der Waals surface area contributed by atoms with E-state index in [9.17, 15) is 8.42 Å². The molecule has 0 atom stereocenters. The number of piperidine rings is 1. The summed E-state index contributed by atoms with van der Waals surface area (Å²) in [6.45, 7) is 3.93. The Labute approximate surface area is 127 Å². The predicted molar refractivity (Wildman–Crippen MR) is 85.3 cm³/mol. The van der Waals surface area contributed by atoms with Crippen LogP contribution in [0.2, 0.25) is 0 Å². The van der Waals surface area contributed by atoms with Crippen molar-refractivity contribution in [3.05, 3.63) is 35.4 Å². The summed E-state index contributed by atoms with van der Waals surface area (Å²) >= 11 is 0. The van der Waals surface area contributed by atoms with Gasteiger partial charge in [-0.25, -0.2) is 13.1 Å². The van der Waals surface area contributed by atoms with E-state index in [4.69, 9.17) is 5.73 Å². The third kappa shape index (κ3) is 5.74. The second-order valence-corrected chi connectivity index (χ2v) is 7.38. The van der Waals surface area contributed by atoms with Gasteiger partial charge in [-0.3, -0.25) is 0 Å². The molecule has 1 aliphatic heterocycles. The highest BCUT2D eigenvalue weighted by Gasteiger charge is 2.13. The number of nitrogens with zero attached hydrogens (tertiary/aromatic N) is 1. The van der Waals surface area contributed by atoms with E-state index in [1.165, 1.54) is 19.3 Å². The molecule has 6 heteroatoms. The molecule has 0 bridgehead atoms. The van der Waals surface area contributed by atoms with Crippen LogP contribution in [0.4, 0.5) is 0 Å². The minimum atomic E-state index is -3.26. The van der Waals surface area contributed by atoms with E-state index in [2.05, 4.69) is 9.62 Å². The molecule has 3 N–H and O–H groups in total. The topological polar surface area (TPSA) is 75.4 Å². The van der Waals surface area contributed by atoms with E-state index in [0.717, 1.165) is 30.8 Å². The lowest BCUT2D eigenvalue weighted by Crippen LogP contribution is -2.38. The van der Waals surface area contributed by atoms with Gasteiger partial charge in [0.2, 0.25) is 10.0 Å². The van der Waals surface area contributed by atoms with E-state index >= 15 is 0 Å². The summed E-state index contributed by atoms with van der Waals surface area (Å²) in [5.41, 5.74) is 7.33. The Balaban J connectivity index is 1.77. The molecule has 0 aliphatic carbocycles. The molecule has 0 radical (unpaired) electrons. The zero-order valence-electron chi connectivity index (χ0n) is 12.4. The highest BCUT2D eigenvalue weighted by atomic mass is 32.2. The maximum atomic E-state index is 12.0. The lowest BCUT2D eigenvalue weighted by atomic mass is 10.1. The molecule has 1 aromatic rings. The minimum Gasteiger partial charge on any atom is -0.326 e. The molecule has 1 fully saturated rings. The van der Waals surface area contributed by atoms with Crippen LogP contribution in [-0.2, 0) is 22.3 Å². The van der Waals surface area contributed by atoms with Gasteiger partial charge in [0.25, 0.3) is 0 Å². The van der Waals surface area contributed by atoms with E-state index in [1.54, 1.807) is 0 Å². The number of sulfonamides is 1. The van der Waals surface area contributed by atoms with Gasteiger partial charge in [0.1, 0.15) is 0 Å². The van der Waals surface area contributed by atoms with Crippen LogP contribution in [0.25, 0.3) is 0 Å². The quantitative estimate of drug-likeness (QED) is 0.789. The fourth-order valence-corrected chi connectivity index (χ4v) is 3.72. The molecule has 1 saturated heterocycles. The largest absolute Gasteiger partial charge is 0.326 e. The second-order valence-electron chi connectivity index (χ2n) is 5.58. The molecule has 2 rings (SSSR count). The van der Waals surface area contributed by atoms with Crippen molar-refractivity contribution in [1.29, 1.82) is 0 Å². The average molecular weight is 311 g/mol. The first-order chi connectivity index (χ1) is 10.1. The molecule has 1 heterocycles. The van der Waals surface area contributed by atoms with Crippen LogP contribution in [0.5, 0.6) is 0 Å². The summed E-state index contributed by atoms with van der Waals surface area (Å²) in [5.74, 6) is 0.0256. The van der Waals surface area contributed by atoms with Crippen molar-refractivity contribution in [2.75, 3.05) is 26.2 Å². The highest BCUT2D eigenvalue weighted by molar-refractivity contribution is 7.88. The van der Waals surface area contributed by atoms with Crippen LogP contribution in [-0.4, -0.2) is 39.5 Å². The Morgan fingerprint density at radius 1 is 1.05 bits per heavy atom. The minimum absolute atomic E-state index is 0.0256. The Hall–Kier alpha value is -0.950. The van der Waals surface area contributed by atoms with Gasteiger partial charge < -0.3 is 10.6 Å². The van der Waals surface area contributed by atoms with E-state index in [0.29, 0.717) is 13.1 Å². The lowest BCUT2D eigenvalue weighted by molar-refractivity contribution is 0.232. The number of rotatable bonds is 7. The van der Waals surface area contributed by atoms with Crippen molar-refractivity contribution in [1.82, 2.24) is 9.62 Å². The number of hydrogen-bond acceptors (Lipinski definition) is 4. The van der Waals surface area contributed by atoms with Crippen molar-refractivity contribution in [3.8, 4) is 0 Å². The highest BCUT2D eigenvalue weighted by Crippen LogP contribution is 2.09. The van der Waals surface area contributed by atoms with Gasteiger partial charge in [-0.15, -0.1) is 0 Å². The molecular weight excluding hydrogens is 286 g/mol. The molecule has 1 aliphatic rings. The molecule has 1 aromatic carbocycles. The smallest absolute Gasteiger partial charge is 0.215 e. The Bertz CT molecular complexity index is 522. The molecule has 0 aromatic heterocycles. The van der Waals surface area contributed by atoms with Crippen LogP contribution in [0.1, 0.15) is 30.4 Å². The molecule has 0 spiro atoms. The summed E-state index contributed by atoms with van der Waals surface area (Å²) in [6.07, 6.45) is 3.74. The first kappa shape index (κ1) is 16.4. The number of hydrogen-bond donors (Lipinski definition) is 2. The van der Waals surface area contributed by atoms with Gasteiger partial charge >= 0.3 is 0 Å². The summed E-state index contributed by atoms with van der Waals surface area (Å²) < 4.78 is 26.8. The Morgan fingerprint density at radius 2 is 1.67 bits per heavy atom. The molecule has 5 nitrogen and oxygen atoms in total. The molecule has 0 amide bonds. The standard InChI is InChI=1S/C15H25N3O2S/c16-12-14-4-6-15(7-5-14)13-21(19,20)17-8-11-18-9-2-1-3-10-18/h4-7,17H,1-3,8-13,16H2. The summed E-state index contributed by atoms with van der Waals surface area (Å²) in [5, 5.41) is 0. The average Bonchev–Trinajstić information content (AvgIpc) is 2.48. The molecular formula is C15H25N3O2S. The SMILES string of the molecule is NCc1ccc(CS(=O)(=O)NCCN2CCCCC2)cc1. The van der Waals surface area contributed by atoms with Crippen molar-refractivity contribution >= 4 is 10.0 Å². The molecule has 118 valence electrons. The summed E-state index contributed by atoms with van der Waals surface area (Å²) in [7, 11) is -3.26. The first-order valence-corrected chi connectivity index (χ1v) is 9.22.